The zero-order chi connectivity index (χ0) is 25.8. The lowest BCUT2D eigenvalue weighted by molar-refractivity contribution is -0.137. The van der Waals surface area contributed by atoms with Crippen LogP contribution in [0.15, 0.2) is 60.7 Å². The van der Waals surface area contributed by atoms with Crippen LogP contribution in [0.2, 0.25) is 5.02 Å². The van der Waals surface area contributed by atoms with Crippen molar-refractivity contribution in [1.29, 1.82) is 0 Å². The summed E-state index contributed by atoms with van der Waals surface area (Å²) in [5.74, 6) is -0.201. The van der Waals surface area contributed by atoms with E-state index < -0.39 is 40.0 Å². The fourth-order valence-corrected chi connectivity index (χ4v) is 3.79. The minimum absolute atomic E-state index is 0.0243. The number of thiocarbonyl (C=S) groups is 1. The number of terminal acetylenes is 1. The van der Waals surface area contributed by atoms with E-state index in [4.69, 9.17) is 30.2 Å². The van der Waals surface area contributed by atoms with Crippen LogP contribution in [0.3, 0.4) is 0 Å². The van der Waals surface area contributed by atoms with E-state index >= 15 is 0 Å². The highest BCUT2D eigenvalue weighted by atomic mass is 35.5. The zero-order valence-corrected chi connectivity index (χ0v) is 19.2. The minimum Gasteiger partial charge on any atom is -0.341 e. The lowest BCUT2D eigenvalue weighted by Crippen LogP contribution is -2.24. The molecule has 0 aliphatic heterocycles. The smallest absolute Gasteiger partial charge is 0.341 e. The molecule has 35 heavy (non-hydrogen) atoms. The molecule has 0 aliphatic rings. The molecule has 0 spiro atoms. The molecule has 10 heteroatoms. The second kappa shape index (κ2) is 10.7. The Hall–Kier alpha value is -3.74. The van der Waals surface area contributed by atoms with E-state index in [0.29, 0.717) is 0 Å². The molecule has 3 aromatic rings. The van der Waals surface area contributed by atoms with Crippen molar-refractivity contribution in [3.8, 4) is 12.3 Å². The Kier molecular flexibility index (Phi) is 7.89. The second-order valence-corrected chi connectivity index (χ2v) is 7.89. The minimum atomic E-state index is -4.86. The fourth-order valence-electron chi connectivity index (χ4n) is 3.19. The molecule has 0 atom stereocenters. The Morgan fingerprint density at radius 3 is 2.37 bits per heavy atom. The normalized spacial score (nSPS) is 10.9. The molecular weight excluding hydrogens is 504 g/mol. The highest BCUT2D eigenvalue weighted by Crippen LogP contribution is 2.35. The molecule has 2 N–H and O–H groups in total. The Labute approximate surface area is 208 Å². The van der Waals surface area contributed by atoms with E-state index in [1.54, 1.807) is 6.07 Å². The first-order valence-corrected chi connectivity index (χ1v) is 10.6. The van der Waals surface area contributed by atoms with Crippen molar-refractivity contribution < 1.29 is 27.2 Å². The van der Waals surface area contributed by atoms with Crippen molar-refractivity contribution in [3.05, 3.63) is 99.3 Å². The number of benzene rings is 3. The number of hydrogen-bond donors (Lipinski definition) is 2. The summed E-state index contributed by atoms with van der Waals surface area (Å²) in [5.41, 5.74) is -2.02. The third-order valence-corrected chi connectivity index (χ3v) is 5.54. The Bertz CT molecular complexity index is 1370. The van der Waals surface area contributed by atoms with Gasteiger partial charge in [-0.15, -0.1) is 6.42 Å². The monoisotopic (exact) mass is 518 g/mol. The summed E-state index contributed by atoms with van der Waals surface area (Å²) in [5, 5.41) is 4.35. The molecule has 0 radical (unpaired) electrons. The number of rotatable bonds is 6. The van der Waals surface area contributed by atoms with Gasteiger partial charge in [-0.25, -0.2) is 4.39 Å². The summed E-state index contributed by atoms with van der Waals surface area (Å²) in [7, 11) is 0. The molecule has 0 saturated carbocycles. The van der Waals surface area contributed by atoms with Crippen molar-refractivity contribution >= 4 is 46.2 Å². The van der Waals surface area contributed by atoms with Crippen LogP contribution >= 0.6 is 23.8 Å². The molecule has 178 valence electrons. The molecule has 2 amide bonds. The van der Waals surface area contributed by atoms with Gasteiger partial charge in [-0.2, -0.15) is 13.2 Å². The molecule has 0 unspecified atom stereocenters. The summed E-state index contributed by atoms with van der Waals surface area (Å²) in [4.78, 5) is 25.3. The fraction of sp³-hybridized carbons (Fsp3) is 0.0800. The van der Waals surface area contributed by atoms with Gasteiger partial charge in [-0.3, -0.25) is 9.59 Å². The number of hydrogen-bond acceptors (Lipinski definition) is 3. The maximum Gasteiger partial charge on any atom is 0.417 e. The topological polar surface area (TPSA) is 58.2 Å². The van der Waals surface area contributed by atoms with E-state index in [2.05, 4.69) is 16.6 Å². The number of carbonyl (C=O) groups excluding carboxylic acids is 2. The van der Waals surface area contributed by atoms with Crippen LogP contribution in [0.5, 0.6) is 0 Å². The van der Waals surface area contributed by atoms with Gasteiger partial charge in [0.15, 0.2) is 0 Å². The number of anilines is 1. The molecule has 4 nitrogen and oxygen atoms in total. The number of alkyl halides is 3. The molecular formula is C25H15ClF4N2O2S. The van der Waals surface area contributed by atoms with Gasteiger partial charge in [-0.1, -0.05) is 60.1 Å². The third-order valence-electron chi connectivity index (χ3n) is 4.79. The highest BCUT2D eigenvalue weighted by molar-refractivity contribution is 7.81. The second-order valence-electron chi connectivity index (χ2n) is 7.07. The van der Waals surface area contributed by atoms with E-state index in [1.165, 1.54) is 36.4 Å². The maximum atomic E-state index is 14.4. The lowest BCUT2D eigenvalue weighted by atomic mass is 9.99. The van der Waals surface area contributed by atoms with Gasteiger partial charge in [0, 0.05) is 16.7 Å². The van der Waals surface area contributed by atoms with Crippen molar-refractivity contribution in [2.24, 2.45) is 0 Å². The Morgan fingerprint density at radius 1 is 1.00 bits per heavy atom. The number of nitrogens with one attached hydrogen (secondary N) is 2. The summed E-state index contributed by atoms with van der Waals surface area (Å²) in [6.07, 6.45) is 0.281. The standard InChI is InChI=1S/C25H15ClF4N2O2S/c1-2-12-31-23(33)14-10-11-16(22(35)15-6-3-4-9-19(15)27)20(13-14)32-24(34)21-17(25(28,29)30)7-5-8-18(21)26/h1,3-11,13H,12H2,(H,31,33)(H,32,34). The van der Waals surface area contributed by atoms with Crippen molar-refractivity contribution in [2.45, 2.75) is 6.18 Å². The Balaban J connectivity index is 2.11. The van der Waals surface area contributed by atoms with Gasteiger partial charge >= 0.3 is 6.18 Å². The summed E-state index contributed by atoms with van der Waals surface area (Å²) >= 11 is 11.3. The third kappa shape index (κ3) is 5.85. The summed E-state index contributed by atoms with van der Waals surface area (Å²) in [6, 6.07) is 12.4. The largest absolute Gasteiger partial charge is 0.417 e. The summed E-state index contributed by atoms with van der Waals surface area (Å²) in [6.45, 7) is -0.0789. The molecule has 0 saturated heterocycles. The van der Waals surface area contributed by atoms with Crippen LogP contribution in [-0.4, -0.2) is 23.2 Å². The van der Waals surface area contributed by atoms with Crippen LogP contribution in [0.25, 0.3) is 0 Å². The predicted molar refractivity (Wildman–Crippen MR) is 129 cm³/mol. The Morgan fingerprint density at radius 2 is 1.71 bits per heavy atom. The van der Waals surface area contributed by atoms with Crippen LogP contribution in [-0.2, 0) is 6.18 Å². The van der Waals surface area contributed by atoms with Gasteiger partial charge in [0.05, 0.1) is 33.2 Å². The molecule has 0 heterocycles. The predicted octanol–water partition coefficient (Wildman–Crippen LogP) is 5.88. The zero-order valence-electron chi connectivity index (χ0n) is 17.7. The number of halogens is 5. The number of carbonyl (C=O) groups is 2. The maximum absolute atomic E-state index is 14.4. The lowest BCUT2D eigenvalue weighted by Gasteiger charge is -2.17. The average molecular weight is 519 g/mol. The van der Waals surface area contributed by atoms with Crippen LogP contribution < -0.4 is 10.6 Å². The van der Waals surface area contributed by atoms with Crippen LogP contribution in [0.1, 0.15) is 37.4 Å². The molecule has 0 aliphatic carbocycles. The van der Waals surface area contributed by atoms with E-state index in [-0.39, 0.29) is 33.8 Å². The van der Waals surface area contributed by atoms with Gasteiger partial charge in [-0.05, 0) is 30.3 Å². The molecule has 0 fully saturated rings. The van der Waals surface area contributed by atoms with E-state index in [1.807, 2.05) is 0 Å². The van der Waals surface area contributed by atoms with Gasteiger partial charge in [0.2, 0.25) is 0 Å². The quantitative estimate of drug-likeness (QED) is 0.185. The van der Waals surface area contributed by atoms with Crippen LogP contribution in [0, 0.1) is 18.2 Å². The molecule has 3 aromatic carbocycles. The average Bonchev–Trinajstić information content (AvgIpc) is 2.81. The van der Waals surface area contributed by atoms with E-state index in [9.17, 15) is 27.2 Å². The van der Waals surface area contributed by atoms with Crippen molar-refractivity contribution in [2.75, 3.05) is 11.9 Å². The first-order chi connectivity index (χ1) is 16.5. The summed E-state index contributed by atoms with van der Waals surface area (Å²) < 4.78 is 54.9. The molecule has 0 bridgehead atoms. The highest BCUT2D eigenvalue weighted by Gasteiger charge is 2.36. The van der Waals surface area contributed by atoms with Gasteiger partial charge < -0.3 is 10.6 Å². The van der Waals surface area contributed by atoms with E-state index in [0.717, 1.165) is 18.2 Å². The van der Waals surface area contributed by atoms with Crippen molar-refractivity contribution in [3.63, 3.8) is 0 Å². The first kappa shape index (κ1) is 25.9. The number of amides is 2. The molecule has 3 rings (SSSR count). The van der Waals surface area contributed by atoms with Gasteiger partial charge in [0.25, 0.3) is 11.8 Å². The van der Waals surface area contributed by atoms with Crippen LogP contribution in [0.4, 0.5) is 23.2 Å². The molecule has 0 aromatic heterocycles. The SMILES string of the molecule is C#CCNC(=O)c1ccc(C(=S)c2ccccc2F)c(NC(=O)c2c(Cl)cccc2C(F)(F)F)c1. The first-order valence-electron chi connectivity index (χ1n) is 9.86. The van der Waals surface area contributed by atoms with Gasteiger partial charge in [0.1, 0.15) is 5.82 Å². The van der Waals surface area contributed by atoms with Crippen molar-refractivity contribution in [1.82, 2.24) is 5.32 Å².